The van der Waals surface area contributed by atoms with Gasteiger partial charge in [0.05, 0.1) is 13.2 Å². The maximum absolute atomic E-state index is 8.96. The van der Waals surface area contributed by atoms with Crippen molar-refractivity contribution in [3.63, 3.8) is 0 Å². The van der Waals surface area contributed by atoms with Crippen LogP contribution in [0.2, 0.25) is 0 Å². The maximum atomic E-state index is 8.96. The molecule has 3 aromatic carbocycles. The summed E-state index contributed by atoms with van der Waals surface area (Å²) in [4.78, 5) is 8.20. The second-order valence-corrected chi connectivity index (χ2v) is 9.00. The quantitative estimate of drug-likeness (QED) is 0.354. The molecule has 0 bridgehead atoms. The van der Waals surface area contributed by atoms with E-state index in [9.17, 15) is 0 Å². The minimum atomic E-state index is 0.0575. The molecule has 4 aromatic rings. The van der Waals surface area contributed by atoms with E-state index in [4.69, 9.17) is 14.7 Å². The van der Waals surface area contributed by atoms with Crippen LogP contribution in [-0.2, 0) is 13.0 Å². The van der Waals surface area contributed by atoms with E-state index in [2.05, 4.69) is 70.8 Å². The molecular formula is C31H28N4O2. The van der Waals surface area contributed by atoms with Crippen molar-refractivity contribution in [2.45, 2.75) is 26.0 Å². The van der Waals surface area contributed by atoms with Gasteiger partial charge in [-0.3, -0.25) is 0 Å². The molecule has 6 heteroatoms. The Morgan fingerprint density at radius 2 is 1.84 bits per heavy atom. The Balaban J connectivity index is 1.39. The van der Waals surface area contributed by atoms with Gasteiger partial charge in [-0.25, -0.2) is 9.97 Å². The van der Waals surface area contributed by atoms with Gasteiger partial charge in [0, 0.05) is 24.5 Å². The van der Waals surface area contributed by atoms with Gasteiger partial charge >= 0.3 is 0 Å². The van der Waals surface area contributed by atoms with E-state index in [0.717, 1.165) is 46.7 Å². The molecule has 1 atom stereocenters. The molecule has 37 heavy (non-hydrogen) atoms. The highest BCUT2D eigenvalue weighted by molar-refractivity contribution is 5.68. The number of methoxy groups -OCH3 is 1. The zero-order chi connectivity index (χ0) is 25.6. The first-order valence-corrected chi connectivity index (χ1v) is 12.3. The van der Waals surface area contributed by atoms with Gasteiger partial charge in [0.2, 0.25) is 5.82 Å². The number of ether oxygens (including phenoxy) is 2. The van der Waals surface area contributed by atoms with Crippen LogP contribution in [-0.4, -0.2) is 23.6 Å². The highest BCUT2D eigenvalue weighted by Crippen LogP contribution is 2.36. The lowest BCUT2D eigenvalue weighted by Crippen LogP contribution is -2.28. The molecule has 1 N–H and O–H groups in total. The Morgan fingerprint density at radius 3 is 2.59 bits per heavy atom. The lowest BCUT2D eigenvalue weighted by atomic mass is 9.92. The van der Waals surface area contributed by atoms with E-state index >= 15 is 0 Å². The highest BCUT2D eigenvalue weighted by Gasteiger charge is 2.21. The smallest absolute Gasteiger partial charge is 0.232 e. The number of aryl methyl sites for hydroxylation is 1. The number of hydrogen-bond acceptors (Lipinski definition) is 6. The predicted octanol–water partition coefficient (Wildman–Crippen LogP) is 5.81. The standard InChI is InChI=1S/C31H28N4O2/c1-21-8-9-24(26-18-34-31(17-32)35-19-26)14-23(21)10-11-28-27-16-29(36-2)30(15-25(27)12-13-33-28)37-20-22-6-4-3-5-7-22/h3-11,14-16,18-19,28,33H,12-13,20H2,1-2H3/b11-10+. The molecule has 0 aliphatic carbocycles. The molecule has 1 aromatic heterocycles. The van der Waals surface area contributed by atoms with Crippen molar-refractivity contribution in [1.29, 1.82) is 5.26 Å². The number of rotatable bonds is 7. The van der Waals surface area contributed by atoms with Gasteiger partial charge in [-0.15, -0.1) is 0 Å². The van der Waals surface area contributed by atoms with Crippen molar-refractivity contribution in [1.82, 2.24) is 15.3 Å². The fourth-order valence-electron chi connectivity index (χ4n) is 4.51. The number of hydrogen-bond donors (Lipinski definition) is 1. The van der Waals surface area contributed by atoms with Gasteiger partial charge in [-0.1, -0.05) is 54.6 Å². The first kappa shape index (κ1) is 24.2. The fraction of sp³-hybridized carbons (Fsp3) is 0.194. The van der Waals surface area contributed by atoms with E-state index in [1.807, 2.05) is 30.3 Å². The van der Waals surface area contributed by atoms with Crippen LogP contribution in [0.15, 0.2) is 79.1 Å². The normalized spacial score (nSPS) is 14.7. The van der Waals surface area contributed by atoms with Crippen LogP contribution in [0.1, 0.15) is 39.7 Å². The Kier molecular flexibility index (Phi) is 7.25. The molecule has 1 aliphatic rings. The van der Waals surface area contributed by atoms with Crippen molar-refractivity contribution in [3.05, 3.63) is 113 Å². The third kappa shape index (κ3) is 5.53. The fourth-order valence-corrected chi connectivity index (χ4v) is 4.51. The summed E-state index contributed by atoms with van der Waals surface area (Å²) in [5, 5.41) is 12.6. The predicted molar refractivity (Wildman–Crippen MR) is 144 cm³/mol. The Morgan fingerprint density at radius 1 is 1.03 bits per heavy atom. The molecule has 1 aliphatic heterocycles. The van der Waals surface area contributed by atoms with Gasteiger partial charge < -0.3 is 14.8 Å². The number of nitrogens with one attached hydrogen (secondary N) is 1. The molecular weight excluding hydrogens is 460 g/mol. The van der Waals surface area contributed by atoms with Gasteiger partial charge in [-0.2, -0.15) is 5.26 Å². The molecule has 0 radical (unpaired) electrons. The monoisotopic (exact) mass is 488 g/mol. The third-order valence-corrected chi connectivity index (χ3v) is 6.59. The van der Waals surface area contributed by atoms with E-state index < -0.39 is 0 Å². The van der Waals surface area contributed by atoms with Crippen LogP contribution in [0.4, 0.5) is 0 Å². The van der Waals surface area contributed by atoms with Crippen LogP contribution in [0, 0.1) is 18.3 Å². The number of nitriles is 1. The molecule has 0 amide bonds. The highest BCUT2D eigenvalue weighted by atomic mass is 16.5. The topological polar surface area (TPSA) is 80.1 Å². The Hall–Kier alpha value is -4.47. The average molecular weight is 489 g/mol. The van der Waals surface area contributed by atoms with E-state index in [-0.39, 0.29) is 11.9 Å². The lowest BCUT2D eigenvalue weighted by Gasteiger charge is -2.26. The van der Waals surface area contributed by atoms with Crippen molar-refractivity contribution in [3.8, 4) is 28.7 Å². The minimum absolute atomic E-state index is 0.0575. The van der Waals surface area contributed by atoms with Gasteiger partial charge in [0.15, 0.2) is 11.5 Å². The summed E-state index contributed by atoms with van der Waals surface area (Å²) in [5.74, 6) is 1.67. The molecule has 6 nitrogen and oxygen atoms in total. The van der Waals surface area contributed by atoms with Crippen LogP contribution >= 0.6 is 0 Å². The van der Waals surface area contributed by atoms with Crippen molar-refractivity contribution < 1.29 is 9.47 Å². The first-order valence-electron chi connectivity index (χ1n) is 12.3. The molecule has 0 fully saturated rings. The maximum Gasteiger partial charge on any atom is 0.232 e. The number of benzene rings is 3. The van der Waals surface area contributed by atoms with E-state index in [1.165, 1.54) is 16.7 Å². The Labute approximate surface area is 217 Å². The van der Waals surface area contributed by atoms with Crippen LogP contribution in [0.5, 0.6) is 11.5 Å². The van der Waals surface area contributed by atoms with Crippen LogP contribution in [0.3, 0.4) is 0 Å². The van der Waals surface area contributed by atoms with Gasteiger partial charge in [0.1, 0.15) is 12.7 Å². The van der Waals surface area contributed by atoms with E-state index in [1.54, 1.807) is 19.5 Å². The summed E-state index contributed by atoms with van der Waals surface area (Å²) in [7, 11) is 1.68. The van der Waals surface area contributed by atoms with Crippen LogP contribution < -0.4 is 14.8 Å². The second-order valence-electron chi connectivity index (χ2n) is 9.00. The summed E-state index contributed by atoms with van der Waals surface area (Å²) in [6, 6.07) is 22.6. The van der Waals surface area contributed by atoms with E-state index in [0.29, 0.717) is 6.61 Å². The van der Waals surface area contributed by atoms with Crippen molar-refractivity contribution in [2.24, 2.45) is 0 Å². The van der Waals surface area contributed by atoms with Gasteiger partial charge in [-0.05, 0) is 64.9 Å². The first-order chi connectivity index (χ1) is 18.1. The Bertz CT molecular complexity index is 1460. The second kappa shape index (κ2) is 11.1. The molecule has 1 unspecified atom stereocenters. The number of nitrogens with zero attached hydrogens (tertiary/aromatic N) is 3. The summed E-state index contributed by atoms with van der Waals surface area (Å²) in [6.07, 6.45) is 8.66. The lowest BCUT2D eigenvalue weighted by molar-refractivity contribution is 0.283. The largest absolute Gasteiger partial charge is 0.493 e. The summed E-state index contributed by atoms with van der Waals surface area (Å²) in [5.41, 5.74) is 7.75. The molecule has 5 rings (SSSR count). The SMILES string of the molecule is COc1cc2c(cc1OCc1ccccc1)CCNC2/C=C/c1cc(-c2cnc(C#N)nc2)ccc1C. The zero-order valence-electron chi connectivity index (χ0n) is 20.9. The molecule has 0 saturated carbocycles. The zero-order valence-corrected chi connectivity index (χ0v) is 20.9. The number of aromatic nitrogens is 2. The minimum Gasteiger partial charge on any atom is -0.493 e. The van der Waals surface area contributed by atoms with Crippen LogP contribution in [0.25, 0.3) is 17.2 Å². The molecule has 0 spiro atoms. The molecule has 0 saturated heterocycles. The number of fused-ring (bicyclic) bond motifs is 1. The molecule has 184 valence electrons. The van der Waals surface area contributed by atoms with Crippen molar-refractivity contribution >= 4 is 6.08 Å². The summed E-state index contributed by atoms with van der Waals surface area (Å²) < 4.78 is 11.8. The van der Waals surface area contributed by atoms with Gasteiger partial charge in [0.25, 0.3) is 0 Å². The molecule has 2 heterocycles. The average Bonchev–Trinajstić information content (AvgIpc) is 2.95. The third-order valence-electron chi connectivity index (χ3n) is 6.59. The van der Waals surface area contributed by atoms with Crippen molar-refractivity contribution in [2.75, 3.05) is 13.7 Å². The summed E-state index contributed by atoms with van der Waals surface area (Å²) >= 11 is 0. The summed E-state index contributed by atoms with van der Waals surface area (Å²) in [6.45, 7) is 3.48.